The lowest BCUT2D eigenvalue weighted by atomic mass is 10.1. The van der Waals surface area contributed by atoms with Crippen LogP contribution in [0.15, 0.2) is 36.7 Å². The smallest absolute Gasteiger partial charge is 0.258 e. The number of aryl methyl sites for hydroxylation is 1. The van der Waals surface area contributed by atoms with Gasteiger partial charge in [0.2, 0.25) is 5.95 Å². The molecule has 92 valence electrons. The van der Waals surface area contributed by atoms with Crippen molar-refractivity contribution in [2.75, 3.05) is 17.7 Å². The van der Waals surface area contributed by atoms with Gasteiger partial charge in [-0.3, -0.25) is 10.1 Å². The van der Waals surface area contributed by atoms with Crippen molar-refractivity contribution in [2.45, 2.75) is 6.92 Å². The Labute approximate surface area is 105 Å². The van der Waals surface area contributed by atoms with Crippen molar-refractivity contribution in [3.05, 3.63) is 47.8 Å². The van der Waals surface area contributed by atoms with Gasteiger partial charge in [-0.05, 0) is 36.8 Å². The van der Waals surface area contributed by atoms with E-state index in [1.807, 2.05) is 26.1 Å². The van der Waals surface area contributed by atoms with E-state index in [0.29, 0.717) is 11.5 Å². The molecule has 5 nitrogen and oxygen atoms in total. The Hall–Kier alpha value is -2.43. The molecule has 18 heavy (non-hydrogen) atoms. The number of hydrogen-bond acceptors (Lipinski definition) is 4. The van der Waals surface area contributed by atoms with Crippen molar-refractivity contribution >= 4 is 17.5 Å². The van der Waals surface area contributed by atoms with E-state index < -0.39 is 0 Å². The Morgan fingerprint density at radius 3 is 2.56 bits per heavy atom. The van der Waals surface area contributed by atoms with E-state index in [1.54, 1.807) is 24.5 Å². The molecular weight excluding hydrogens is 228 g/mol. The Kier molecular flexibility index (Phi) is 3.52. The van der Waals surface area contributed by atoms with E-state index in [1.165, 1.54) is 0 Å². The molecule has 2 aromatic rings. The highest BCUT2D eigenvalue weighted by Gasteiger charge is 2.10. The van der Waals surface area contributed by atoms with Crippen LogP contribution in [0.2, 0.25) is 0 Å². The van der Waals surface area contributed by atoms with Crippen molar-refractivity contribution in [1.82, 2.24) is 9.97 Å². The fraction of sp³-hybridized carbons (Fsp3) is 0.154. The van der Waals surface area contributed by atoms with Gasteiger partial charge in [-0.1, -0.05) is 0 Å². The molecule has 0 atom stereocenters. The lowest BCUT2D eigenvalue weighted by molar-refractivity contribution is 0.102. The molecule has 0 aliphatic heterocycles. The molecule has 1 heterocycles. The van der Waals surface area contributed by atoms with Gasteiger partial charge in [-0.25, -0.2) is 9.97 Å². The molecule has 0 aliphatic rings. The number of amides is 1. The molecule has 0 aliphatic carbocycles. The van der Waals surface area contributed by atoms with Gasteiger partial charge in [-0.2, -0.15) is 0 Å². The van der Waals surface area contributed by atoms with Gasteiger partial charge < -0.3 is 5.32 Å². The summed E-state index contributed by atoms with van der Waals surface area (Å²) in [6.07, 6.45) is 3.17. The minimum Gasteiger partial charge on any atom is -0.388 e. The van der Waals surface area contributed by atoms with E-state index in [0.717, 1.165) is 11.3 Å². The third kappa shape index (κ3) is 2.63. The second-order valence-corrected chi connectivity index (χ2v) is 3.81. The van der Waals surface area contributed by atoms with Crippen molar-refractivity contribution in [1.29, 1.82) is 0 Å². The van der Waals surface area contributed by atoms with Crippen molar-refractivity contribution in [3.63, 3.8) is 0 Å². The van der Waals surface area contributed by atoms with Crippen LogP contribution in [0.5, 0.6) is 0 Å². The summed E-state index contributed by atoms with van der Waals surface area (Å²) >= 11 is 0. The van der Waals surface area contributed by atoms with E-state index in [4.69, 9.17) is 0 Å². The molecule has 0 fully saturated rings. The summed E-state index contributed by atoms with van der Waals surface area (Å²) in [7, 11) is 1.84. The van der Waals surface area contributed by atoms with E-state index >= 15 is 0 Å². The average Bonchev–Trinajstić information content (AvgIpc) is 2.39. The summed E-state index contributed by atoms with van der Waals surface area (Å²) < 4.78 is 0. The number of rotatable bonds is 3. The molecule has 0 unspecified atom stereocenters. The molecule has 0 spiro atoms. The average molecular weight is 242 g/mol. The van der Waals surface area contributed by atoms with E-state index in [9.17, 15) is 4.79 Å². The number of nitrogens with zero attached hydrogens (tertiary/aromatic N) is 2. The molecule has 2 rings (SSSR count). The molecule has 0 saturated heterocycles. The number of anilines is 2. The minimum absolute atomic E-state index is 0.207. The second kappa shape index (κ2) is 5.27. The molecule has 1 amide bonds. The van der Waals surface area contributed by atoms with Crippen molar-refractivity contribution in [3.8, 4) is 0 Å². The van der Waals surface area contributed by atoms with Crippen LogP contribution in [-0.4, -0.2) is 22.9 Å². The molecule has 1 aromatic carbocycles. The van der Waals surface area contributed by atoms with Crippen LogP contribution in [0.3, 0.4) is 0 Å². The van der Waals surface area contributed by atoms with Gasteiger partial charge in [0.05, 0.1) is 0 Å². The summed E-state index contributed by atoms with van der Waals surface area (Å²) in [5.41, 5.74) is 2.48. The molecule has 0 bridgehead atoms. The maximum Gasteiger partial charge on any atom is 0.258 e. The molecular formula is C13H14N4O. The lowest BCUT2D eigenvalue weighted by Gasteiger charge is -2.08. The zero-order valence-corrected chi connectivity index (χ0v) is 10.3. The summed E-state index contributed by atoms with van der Waals surface area (Å²) in [4.78, 5) is 19.9. The molecule has 5 heteroatoms. The van der Waals surface area contributed by atoms with Crippen LogP contribution in [0.1, 0.15) is 15.9 Å². The van der Waals surface area contributed by atoms with Gasteiger partial charge in [-0.15, -0.1) is 0 Å². The molecule has 2 N–H and O–H groups in total. The fourth-order valence-electron chi connectivity index (χ4n) is 1.61. The van der Waals surface area contributed by atoms with Gasteiger partial charge in [0.25, 0.3) is 5.91 Å². The Balaban J connectivity index is 2.19. The third-order valence-corrected chi connectivity index (χ3v) is 2.55. The zero-order valence-electron chi connectivity index (χ0n) is 10.3. The fourth-order valence-corrected chi connectivity index (χ4v) is 1.61. The number of nitrogens with one attached hydrogen (secondary N) is 2. The van der Waals surface area contributed by atoms with Crippen molar-refractivity contribution in [2.24, 2.45) is 0 Å². The first-order valence-corrected chi connectivity index (χ1v) is 5.57. The standard InChI is InChI=1S/C13H14N4O/c1-9-8-10(14-2)4-5-11(9)12(18)17-13-15-6-3-7-16-13/h3-8,14H,1-2H3,(H,15,16,17,18). The minimum atomic E-state index is -0.207. The van der Waals surface area contributed by atoms with Crippen LogP contribution >= 0.6 is 0 Å². The monoisotopic (exact) mass is 242 g/mol. The maximum absolute atomic E-state index is 12.0. The molecule has 0 saturated carbocycles. The van der Waals surface area contributed by atoms with Crippen LogP contribution in [0, 0.1) is 6.92 Å². The molecule has 0 radical (unpaired) electrons. The second-order valence-electron chi connectivity index (χ2n) is 3.81. The number of aromatic nitrogens is 2. The summed E-state index contributed by atoms with van der Waals surface area (Å²) in [6, 6.07) is 7.25. The van der Waals surface area contributed by atoms with Gasteiger partial charge in [0.1, 0.15) is 0 Å². The van der Waals surface area contributed by atoms with Crippen LogP contribution in [-0.2, 0) is 0 Å². The first-order chi connectivity index (χ1) is 8.70. The first-order valence-electron chi connectivity index (χ1n) is 5.57. The zero-order chi connectivity index (χ0) is 13.0. The SMILES string of the molecule is CNc1ccc(C(=O)Nc2ncccn2)c(C)c1. The Morgan fingerprint density at radius 1 is 1.22 bits per heavy atom. The van der Waals surface area contributed by atoms with Gasteiger partial charge in [0, 0.05) is 30.7 Å². The third-order valence-electron chi connectivity index (χ3n) is 2.55. The highest BCUT2D eigenvalue weighted by atomic mass is 16.1. The lowest BCUT2D eigenvalue weighted by Crippen LogP contribution is -2.15. The number of carbonyl (C=O) groups is 1. The molecule has 1 aromatic heterocycles. The highest BCUT2D eigenvalue weighted by Crippen LogP contribution is 2.15. The van der Waals surface area contributed by atoms with Crippen LogP contribution < -0.4 is 10.6 Å². The largest absolute Gasteiger partial charge is 0.388 e. The van der Waals surface area contributed by atoms with E-state index in [2.05, 4.69) is 20.6 Å². The summed E-state index contributed by atoms with van der Waals surface area (Å²) in [5.74, 6) is 0.0981. The first kappa shape index (κ1) is 12.0. The predicted molar refractivity (Wildman–Crippen MR) is 70.7 cm³/mol. The van der Waals surface area contributed by atoms with Gasteiger partial charge >= 0.3 is 0 Å². The number of carbonyl (C=O) groups excluding carboxylic acids is 1. The van der Waals surface area contributed by atoms with Crippen LogP contribution in [0.4, 0.5) is 11.6 Å². The van der Waals surface area contributed by atoms with Crippen molar-refractivity contribution < 1.29 is 4.79 Å². The highest BCUT2D eigenvalue weighted by molar-refractivity contribution is 6.04. The summed E-state index contributed by atoms with van der Waals surface area (Å²) in [6.45, 7) is 1.89. The predicted octanol–water partition coefficient (Wildman–Crippen LogP) is 2.08. The Bertz CT molecular complexity index is 554. The Morgan fingerprint density at radius 2 is 1.94 bits per heavy atom. The maximum atomic E-state index is 12.0. The topological polar surface area (TPSA) is 66.9 Å². The quantitative estimate of drug-likeness (QED) is 0.864. The number of hydrogen-bond donors (Lipinski definition) is 2. The number of benzene rings is 1. The van der Waals surface area contributed by atoms with Gasteiger partial charge in [0.15, 0.2) is 0 Å². The van der Waals surface area contributed by atoms with E-state index in [-0.39, 0.29) is 5.91 Å². The van der Waals surface area contributed by atoms with Crippen LogP contribution in [0.25, 0.3) is 0 Å². The normalized spacial score (nSPS) is 9.89. The summed E-state index contributed by atoms with van der Waals surface area (Å²) in [5, 5.41) is 5.68.